The number of hydrogen-bond donors (Lipinski definition) is 1. The molecule has 0 N–H and O–H groups in total. The van der Waals surface area contributed by atoms with Gasteiger partial charge in [0.25, 0.3) is 0 Å². The molecule has 1 aliphatic rings. The van der Waals surface area contributed by atoms with Crippen molar-refractivity contribution in [3.63, 3.8) is 0 Å². The second kappa shape index (κ2) is 3.18. The van der Waals surface area contributed by atoms with Crippen LogP contribution in [0.5, 0.6) is 0 Å². The third kappa shape index (κ3) is 1.55. The van der Waals surface area contributed by atoms with Gasteiger partial charge in [-0.15, -0.1) is 0 Å². The molecular weight excluding hydrogens is 116 g/mol. The lowest BCUT2D eigenvalue weighted by Gasteiger charge is -2.13. The summed E-state index contributed by atoms with van der Waals surface area (Å²) in [4.78, 5) is 0. The molecule has 1 unspecified atom stereocenters. The number of allylic oxidation sites excluding steroid dienone is 2. The van der Waals surface area contributed by atoms with Crippen molar-refractivity contribution in [2.24, 2.45) is 5.92 Å². The van der Waals surface area contributed by atoms with E-state index in [9.17, 15) is 0 Å². The molecule has 0 spiro atoms. The fourth-order valence-electron chi connectivity index (χ4n) is 1.02. The minimum Gasteiger partial charge on any atom is -0.179 e. The molecule has 0 aliphatic heterocycles. The Morgan fingerprint density at radius 1 is 1.50 bits per heavy atom. The molecule has 0 saturated carbocycles. The molecule has 0 amide bonds. The lowest BCUT2D eigenvalue weighted by molar-refractivity contribution is 0.537. The first-order valence-corrected chi connectivity index (χ1v) is 3.82. The molecule has 0 aromatic rings. The first-order valence-electron chi connectivity index (χ1n) is 3.19. The predicted octanol–water partition coefficient (Wildman–Crippen LogP) is 2.27. The molecule has 1 heteroatoms. The maximum atomic E-state index is 4.23. The van der Waals surface area contributed by atoms with Gasteiger partial charge >= 0.3 is 0 Å². The van der Waals surface area contributed by atoms with Crippen molar-refractivity contribution in [1.29, 1.82) is 0 Å². The van der Waals surface area contributed by atoms with Gasteiger partial charge in [-0.05, 0) is 30.9 Å². The largest absolute Gasteiger partial charge is 0.179 e. The van der Waals surface area contributed by atoms with E-state index >= 15 is 0 Å². The van der Waals surface area contributed by atoms with Crippen LogP contribution in [0.25, 0.3) is 0 Å². The van der Waals surface area contributed by atoms with Crippen LogP contribution in [0.2, 0.25) is 0 Å². The van der Waals surface area contributed by atoms with Gasteiger partial charge in [0.1, 0.15) is 0 Å². The molecule has 0 bridgehead atoms. The number of thiol groups is 1. The summed E-state index contributed by atoms with van der Waals surface area (Å²) in [6.07, 6.45) is 8.40. The fourth-order valence-corrected chi connectivity index (χ4v) is 1.35. The molecule has 8 heavy (non-hydrogen) atoms. The van der Waals surface area contributed by atoms with Crippen molar-refractivity contribution in [2.75, 3.05) is 5.75 Å². The molecule has 0 fully saturated rings. The topological polar surface area (TPSA) is 0 Å². The van der Waals surface area contributed by atoms with Gasteiger partial charge in [-0.3, -0.25) is 0 Å². The molecule has 1 rings (SSSR count). The van der Waals surface area contributed by atoms with Gasteiger partial charge in [0.2, 0.25) is 0 Å². The zero-order valence-electron chi connectivity index (χ0n) is 5.01. The van der Waals surface area contributed by atoms with Crippen molar-refractivity contribution in [2.45, 2.75) is 19.3 Å². The van der Waals surface area contributed by atoms with Crippen LogP contribution in [-0.4, -0.2) is 5.75 Å². The van der Waals surface area contributed by atoms with Crippen molar-refractivity contribution >= 4 is 12.6 Å². The Bertz CT molecular complexity index is 86.4. The van der Waals surface area contributed by atoms with Gasteiger partial charge in [-0.2, -0.15) is 12.6 Å². The van der Waals surface area contributed by atoms with E-state index in [2.05, 4.69) is 24.8 Å². The molecule has 1 aliphatic carbocycles. The Labute approximate surface area is 56.4 Å². The van der Waals surface area contributed by atoms with Crippen LogP contribution in [0.1, 0.15) is 19.3 Å². The molecule has 1 atom stereocenters. The summed E-state index contributed by atoms with van der Waals surface area (Å²) >= 11 is 4.23. The summed E-state index contributed by atoms with van der Waals surface area (Å²) < 4.78 is 0. The molecule has 0 radical (unpaired) electrons. The van der Waals surface area contributed by atoms with Gasteiger partial charge in [0, 0.05) is 0 Å². The SMILES string of the molecule is SCC1CC=CCC1. The second-order valence-electron chi connectivity index (χ2n) is 2.33. The maximum Gasteiger partial charge on any atom is -0.00664 e. The quantitative estimate of drug-likeness (QED) is 0.406. The van der Waals surface area contributed by atoms with E-state index in [1.165, 1.54) is 19.3 Å². The lowest BCUT2D eigenvalue weighted by Crippen LogP contribution is -2.02. The van der Waals surface area contributed by atoms with Crippen LogP contribution in [0.3, 0.4) is 0 Å². The normalized spacial score (nSPS) is 28.4. The minimum absolute atomic E-state index is 0.864. The third-order valence-electron chi connectivity index (χ3n) is 1.64. The molecule has 0 nitrogen and oxygen atoms in total. The van der Waals surface area contributed by atoms with Crippen LogP contribution >= 0.6 is 12.6 Å². The monoisotopic (exact) mass is 128 g/mol. The summed E-state index contributed by atoms with van der Waals surface area (Å²) in [6, 6.07) is 0. The maximum absolute atomic E-state index is 4.23. The van der Waals surface area contributed by atoms with Crippen molar-refractivity contribution in [3.05, 3.63) is 12.2 Å². The van der Waals surface area contributed by atoms with E-state index in [4.69, 9.17) is 0 Å². The molecule has 0 saturated heterocycles. The van der Waals surface area contributed by atoms with Crippen LogP contribution in [0.4, 0.5) is 0 Å². The Morgan fingerprint density at radius 3 is 2.75 bits per heavy atom. The Balaban J connectivity index is 2.27. The summed E-state index contributed by atoms with van der Waals surface area (Å²) in [5, 5.41) is 0. The van der Waals surface area contributed by atoms with E-state index in [0.717, 1.165) is 11.7 Å². The molecule has 46 valence electrons. The minimum atomic E-state index is 0.864. The smallest absolute Gasteiger partial charge is 0.00664 e. The van der Waals surface area contributed by atoms with E-state index < -0.39 is 0 Å². The predicted molar refractivity (Wildman–Crippen MR) is 40.3 cm³/mol. The first kappa shape index (κ1) is 6.21. The highest BCUT2D eigenvalue weighted by atomic mass is 32.1. The molecule has 0 aromatic carbocycles. The standard InChI is InChI=1S/C7H12S/c8-6-7-4-2-1-3-5-7/h1-2,7-8H,3-6H2. The van der Waals surface area contributed by atoms with Gasteiger partial charge < -0.3 is 0 Å². The Hall–Kier alpha value is 0.0900. The molecule has 0 heterocycles. The van der Waals surface area contributed by atoms with E-state index in [0.29, 0.717) is 0 Å². The highest BCUT2D eigenvalue weighted by molar-refractivity contribution is 7.80. The van der Waals surface area contributed by atoms with Crippen LogP contribution in [-0.2, 0) is 0 Å². The fraction of sp³-hybridized carbons (Fsp3) is 0.714. The Kier molecular flexibility index (Phi) is 2.47. The Morgan fingerprint density at radius 2 is 2.38 bits per heavy atom. The van der Waals surface area contributed by atoms with Gasteiger partial charge in [0.15, 0.2) is 0 Å². The van der Waals surface area contributed by atoms with E-state index in [-0.39, 0.29) is 0 Å². The van der Waals surface area contributed by atoms with Gasteiger partial charge in [-0.1, -0.05) is 12.2 Å². The summed E-state index contributed by atoms with van der Waals surface area (Å²) in [7, 11) is 0. The third-order valence-corrected chi connectivity index (χ3v) is 2.15. The van der Waals surface area contributed by atoms with Crippen LogP contribution < -0.4 is 0 Å². The van der Waals surface area contributed by atoms with E-state index in [1.54, 1.807) is 0 Å². The average Bonchev–Trinajstić information content (AvgIpc) is 1.90. The second-order valence-corrected chi connectivity index (χ2v) is 2.70. The number of hydrogen-bond acceptors (Lipinski definition) is 1. The number of rotatable bonds is 1. The zero-order chi connectivity index (χ0) is 5.82. The summed E-state index contributed by atoms with van der Waals surface area (Å²) in [5.41, 5.74) is 0. The molecular formula is C7H12S. The average molecular weight is 128 g/mol. The highest BCUT2D eigenvalue weighted by Gasteiger charge is 2.05. The lowest BCUT2D eigenvalue weighted by atomic mass is 9.97. The van der Waals surface area contributed by atoms with Gasteiger partial charge in [0.05, 0.1) is 0 Å². The zero-order valence-corrected chi connectivity index (χ0v) is 5.90. The first-order chi connectivity index (χ1) is 3.93. The van der Waals surface area contributed by atoms with Crippen LogP contribution in [0.15, 0.2) is 12.2 Å². The van der Waals surface area contributed by atoms with Crippen molar-refractivity contribution in [3.8, 4) is 0 Å². The highest BCUT2D eigenvalue weighted by Crippen LogP contribution is 2.18. The molecule has 0 aromatic heterocycles. The van der Waals surface area contributed by atoms with Crippen molar-refractivity contribution in [1.82, 2.24) is 0 Å². The summed E-state index contributed by atoms with van der Waals surface area (Å²) in [5.74, 6) is 1.92. The summed E-state index contributed by atoms with van der Waals surface area (Å²) in [6.45, 7) is 0. The van der Waals surface area contributed by atoms with Gasteiger partial charge in [-0.25, -0.2) is 0 Å². The van der Waals surface area contributed by atoms with Crippen LogP contribution in [0, 0.1) is 5.92 Å². The van der Waals surface area contributed by atoms with E-state index in [1.807, 2.05) is 0 Å². The van der Waals surface area contributed by atoms with Crippen molar-refractivity contribution < 1.29 is 0 Å².